The van der Waals surface area contributed by atoms with Crippen LogP contribution in [0.5, 0.6) is 0 Å². The van der Waals surface area contributed by atoms with Crippen molar-refractivity contribution >= 4 is 17.6 Å². The summed E-state index contributed by atoms with van der Waals surface area (Å²) in [4.78, 5) is 0. The van der Waals surface area contributed by atoms with Crippen molar-refractivity contribution in [2.45, 2.75) is 132 Å². The first-order valence-corrected chi connectivity index (χ1v) is 39.0. The molecule has 0 aliphatic heterocycles. The Morgan fingerprint density at radius 3 is 1.21 bits per heavy atom. The zero-order chi connectivity index (χ0) is 36.5. The molecule has 2 saturated carbocycles. The van der Waals surface area contributed by atoms with Gasteiger partial charge in [0.2, 0.25) is 0 Å². The van der Waals surface area contributed by atoms with E-state index >= 15 is 0 Å². The summed E-state index contributed by atoms with van der Waals surface area (Å²) in [7, 11) is 0. The van der Waals surface area contributed by atoms with E-state index in [2.05, 4.69) is 160 Å². The third-order valence-corrected chi connectivity index (χ3v) is 70.0. The van der Waals surface area contributed by atoms with Gasteiger partial charge in [0.05, 0.1) is 0 Å². The quantitative estimate of drug-likeness (QED) is 0.169. The number of benzene rings is 4. The van der Waals surface area contributed by atoms with E-state index in [0.717, 1.165) is 11.1 Å². The van der Waals surface area contributed by atoms with E-state index in [4.69, 9.17) is 0 Å². The molecule has 2 heteroatoms. The Morgan fingerprint density at radius 2 is 0.865 bits per heavy atom. The zero-order valence-electron chi connectivity index (χ0n) is 33.4. The minimum absolute atomic E-state index is 0.160. The number of hydrogen-bond donors (Lipinski definition) is 0. The number of fused-ring (bicyclic) bond motifs is 2. The Bertz CT molecular complexity index is 1960. The van der Waals surface area contributed by atoms with Crippen molar-refractivity contribution in [2.24, 2.45) is 0 Å². The van der Waals surface area contributed by atoms with Crippen LogP contribution >= 0.6 is 0 Å². The van der Waals surface area contributed by atoms with E-state index in [1.807, 2.05) is 0 Å². The Hall–Kier alpha value is -2.55. The summed E-state index contributed by atoms with van der Waals surface area (Å²) in [6, 6.07) is 33.7. The first-order chi connectivity index (χ1) is 24.7. The van der Waals surface area contributed by atoms with Gasteiger partial charge in [-0.2, -0.15) is 0 Å². The van der Waals surface area contributed by atoms with E-state index in [9.17, 15) is 0 Å². The number of hydrogen-bond acceptors (Lipinski definition) is 0. The molecular formula is C50H62HfSi. The van der Waals surface area contributed by atoms with E-state index in [1.54, 1.807) is 11.1 Å². The molecular weight excluding hydrogens is 807 g/mol. The Balaban J connectivity index is 1.32. The molecule has 0 saturated heterocycles. The molecule has 0 radical (unpaired) electrons. The van der Waals surface area contributed by atoms with E-state index < -0.39 is 22.6 Å². The van der Waals surface area contributed by atoms with Crippen LogP contribution in [0.15, 0.2) is 97.1 Å². The van der Waals surface area contributed by atoms with Crippen LogP contribution in [0, 0.1) is 0 Å². The fraction of sp³-hybridized carbons (Fsp3) is 0.440. The van der Waals surface area contributed by atoms with Gasteiger partial charge in [-0.25, -0.2) is 0 Å². The van der Waals surface area contributed by atoms with Crippen molar-refractivity contribution in [1.29, 1.82) is 0 Å². The van der Waals surface area contributed by atoms with E-state index in [-0.39, 0.29) is 10.8 Å². The second-order valence-electron chi connectivity index (χ2n) is 20.0. The molecule has 2 atom stereocenters. The topological polar surface area (TPSA) is 0 Å². The van der Waals surface area contributed by atoms with Gasteiger partial charge in [0.15, 0.2) is 0 Å². The molecule has 0 amide bonds. The summed E-state index contributed by atoms with van der Waals surface area (Å²) in [5.74, 6) is 0. The molecule has 2 unspecified atom stereocenters. The van der Waals surface area contributed by atoms with Crippen molar-refractivity contribution < 1.29 is 17.1 Å². The summed E-state index contributed by atoms with van der Waals surface area (Å²) in [6.45, 7) is 13.9. The summed E-state index contributed by atoms with van der Waals surface area (Å²) >= 11 is -4.07. The zero-order valence-corrected chi connectivity index (χ0v) is 38.0. The van der Waals surface area contributed by atoms with Gasteiger partial charge in [-0.15, -0.1) is 0 Å². The van der Waals surface area contributed by atoms with Crippen LogP contribution in [0.25, 0.3) is 34.4 Å². The fourth-order valence-corrected chi connectivity index (χ4v) is 78.6. The molecule has 0 bridgehead atoms. The van der Waals surface area contributed by atoms with Gasteiger partial charge in [0.25, 0.3) is 0 Å². The molecule has 2 fully saturated rings. The van der Waals surface area contributed by atoms with Gasteiger partial charge in [0, 0.05) is 0 Å². The predicted octanol–water partition coefficient (Wildman–Crippen LogP) is 15.1. The van der Waals surface area contributed by atoms with Crippen molar-refractivity contribution in [1.82, 2.24) is 0 Å². The predicted molar refractivity (Wildman–Crippen MR) is 227 cm³/mol. The summed E-state index contributed by atoms with van der Waals surface area (Å²) in [5.41, 5.74) is 16.4. The third-order valence-electron chi connectivity index (χ3n) is 14.4. The average molecular weight is 870 g/mol. The van der Waals surface area contributed by atoms with Gasteiger partial charge >= 0.3 is 319 Å². The normalized spacial score (nSPS) is 20.9. The van der Waals surface area contributed by atoms with Crippen molar-refractivity contribution in [3.63, 3.8) is 0 Å². The minimum atomic E-state index is -4.07. The monoisotopic (exact) mass is 870 g/mol. The second kappa shape index (κ2) is 13.3. The molecule has 0 N–H and O–H groups in total. The summed E-state index contributed by atoms with van der Waals surface area (Å²) in [5, 5.41) is 0. The Morgan fingerprint density at radius 1 is 0.500 bits per heavy atom. The maximum atomic E-state index is 3.03. The number of rotatable bonds is 6. The van der Waals surface area contributed by atoms with Gasteiger partial charge in [-0.1, -0.05) is 0 Å². The molecule has 4 aromatic rings. The second-order valence-corrected chi connectivity index (χ2v) is 64.9. The van der Waals surface area contributed by atoms with Crippen LogP contribution in [0.2, 0.25) is 20.4 Å². The van der Waals surface area contributed by atoms with Crippen LogP contribution in [0.1, 0.15) is 134 Å². The van der Waals surface area contributed by atoms with Crippen LogP contribution in [-0.4, -0.2) is 5.49 Å². The third kappa shape index (κ3) is 6.11. The van der Waals surface area contributed by atoms with Gasteiger partial charge < -0.3 is 0 Å². The number of allylic oxidation sites excluding steroid dienone is 2. The SMILES string of the molecule is CC(C)(C)c1ccc(-c2cccc3c2C=C[CH]3[Hf]([CH3])([CH3])([CH]2C=Cc3c(-c4ccc(C(C)(C)C)cc4)cccc32)=[Si](C2CCCC2)C2CCCC2)cc1. The molecule has 8 rings (SSSR count). The average Bonchev–Trinajstić information content (AvgIpc) is 3.95. The van der Waals surface area contributed by atoms with Crippen LogP contribution in [0.4, 0.5) is 0 Å². The first kappa shape index (κ1) is 36.4. The van der Waals surface area contributed by atoms with Crippen LogP contribution in [0.3, 0.4) is 0 Å². The van der Waals surface area contributed by atoms with E-state index in [1.165, 1.54) is 95.9 Å². The molecule has 4 aliphatic rings. The van der Waals surface area contributed by atoms with Gasteiger partial charge in [-0.05, 0) is 0 Å². The molecule has 270 valence electrons. The fourth-order valence-electron chi connectivity index (χ4n) is 11.7. The van der Waals surface area contributed by atoms with Crippen molar-refractivity contribution in [2.75, 3.05) is 0 Å². The standard InChI is InChI=1S/2C19H19.C10H18Si.2CH3.Hf/c2*1-19(2,3)16-12-10-15(11-13-16)18-9-5-7-14-6-4-8-17(14)18;1-2-6-9(5-1)11-10-7-3-4-8-10;;;/h2*4-13H,1-3H3;9-10H,1-8H2;2*1H3;. The Kier molecular flexibility index (Phi) is 9.34. The Labute approximate surface area is 316 Å². The molecule has 4 aromatic carbocycles. The first-order valence-electron chi connectivity index (χ1n) is 20.7. The molecule has 0 nitrogen and oxygen atoms in total. The molecule has 0 aromatic heterocycles. The summed E-state index contributed by atoms with van der Waals surface area (Å²) in [6.07, 6.45) is 22.5. The van der Waals surface area contributed by atoms with Crippen molar-refractivity contribution in [3.8, 4) is 22.3 Å². The van der Waals surface area contributed by atoms with Crippen LogP contribution < -0.4 is 0 Å². The molecule has 0 spiro atoms. The molecule has 52 heavy (non-hydrogen) atoms. The summed E-state index contributed by atoms with van der Waals surface area (Å²) < 4.78 is 7.25. The van der Waals surface area contributed by atoms with Gasteiger partial charge in [0.1, 0.15) is 0 Å². The van der Waals surface area contributed by atoms with Crippen molar-refractivity contribution in [3.05, 3.63) is 130 Å². The molecule has 4 aliphatic carbocycles. The molecule has 0 heterocycles. The van der Waals surface area contributed by atoms with E-state index in [0.29, 0.717) is 7.35 Å². The maximum absolute atomic E-state index is 4.07. The van der Waals surface area contributed by atoms with Gasteiger partial charge in [-0.3, -0.25) is 0 Å². The van der Waals surface area contributed by atoms with Crippen LogP contribution in [-0.2, 0) is 28.0 Å².